The van der Waals surface area contributed by atoms with E-state index in [1.165, 1.54) is 16.7 Å². The van der Waals surface area contributed by atoms with E-state index in [4.69, 9.17) is 5.73 Å². The largest absolute Gasteiger partial charge is 0.368 e. The number of hydrogen-bond acceptors (Lipinski definition) is 2. The minimum atomic E-state index is -0.240. The van der Waals surface area contributed by atoms with Gasteiger partial charge >= 0.3 is 0 Å². The molecule has 1 unspecified atom stereocenters. The summed E-state index contributed by atoms with van der Waals surface area (Å²) >= 11 is 0. The minimum absolute atomic E-state index is 0.172. The Kier molecular flexibility index (Phi) is 2.97. The number of fused-ring (bicyclic) bond motifs is 1. The summed E-state index contributed by atoms with van der Waals surface area (Å²) in [6, 6.07) is 6.35. The van der Waals surface area contributed by atoms with Gasteiger partial charge in [0.15, 0.2) is 0 Å². The second-order valence-corrected chi connectivity index (χ2v) is 4.57. The topological polar surface area (TPSA) is 46.3 Å². The molecule has 0 aromatic heterocycles. The van der Waals surface area contributed by atoms with E-state index in [-0.39, 0.29) is 11.9 Å². The molecule has 0 spiro atoms. The first-order valence-electron chi connectivity index (χ1n) is 5.69. The molecule has 1 heterocycles. The molecule has 1 aromatic rings. The fourth-order valence-corrected chi connectivity index (χ4v) is 2.21. The van der Waals surface area contributed by atoms with Crippen molar-refractivity contribution in [2.75, 3.05) is 6.54 Å². The maximum atomic E-state index is 11.1. The first-order valence-corrected chi connectivity index (χ1v) is 5.69. The fourth-order valence-electron chi connectivity index (χ4n) is 2.21. The Bertz CT molecular complexity index is 414. The number of carbonyl (C=O) groups excluding carboxylic acids is 1. The molecule has 0 radical (unpaired) electrons. The molecule has 0 fully saturated rings. The lowest BCUT2D eigenvalue weighted by molar-refractivity contribution is -0.123. The van der Waals surface area contributed by atoms with Crippen molar-refractivity contribution in [3.05, 3.63) is 34.9 Å². The Balaban J connectivity index is 2.18. The Labute approximate surface area is 96.2 Å². The highest BCUT2D eigenvalue weighted by Gasteiger charge is 2.23. The Morgan fingerprint density at radius 3 is 2.88 bits per heavy atom. The third-order valence-corrected chi connectivity index (χ3v) is 3.36. The molecule has 2 rings (SSSR count). The van der Waals surface area contributed by atoms with E-state index in [0.717, 1.165) is 19.5 Å². The second-order valence-electron chi connectivity index (χ2n) is 4.57. The molecule has 1 aliphatic heterocycles. The van der Waals surface area contributed by atoms with Gasteiger partial charge in [-0.2, -0.15) is 0 Å². The van der Waals surface area contributed by atoms with E-state index in [1.807, 2.05) is 6.92 Å². The van der Waals surface area contributed by atoms with Crippen LogP contribution < -0.4 is 5.73 Å². The van der Waals surface area contributed by atoms with Crippen LogP contribution in [-0.2, 0) is 17.8 Å². The minimum Gasteiger partial charge on any atom is -0.368 e. The van der Waals surface area contributed by atoms with Crippen LogP contribution in [0.15, 0.2) is 18.2 Å². The molecule has 1 amide bonds. The number of nitrogens with zero attached hydrogens (tertiary/aromatic N) is 1. The average Bonchev–Trinajstić information content (AvgIpc) is 2.27. The lowest BCUT2D eigenvalue weighted by atomic mass is 9.97. The lowest BCUT2D eigenvalue weighted by Crippen LogP contribution is -2.45. The monoisotopic (exact) mass is 218 g/mol. The standard InChI is InChI=1S/C13H18N2O/c1-9-3-4-12-8-15(10(2)13(14)16)6-5-11(12)7-9/h3-4,7,10H,5-6,8H2,1-2H3,(H2,14,16). The highest BCUT2D eigenvalue weighted by molar-refractivity contribution is 5.79. The molecule has 16 heavy (non-hydrogen) atoms. The summed E-state index contributed by atoms with van der Waals surface area (Å²) in [7, 11) is 0. The van der Waals surface area contributed by atoms with Gasteiger partial charge in [0.2, 0.25) is 5.91 Å². The maximum absolute atomic E-state index is 11.1. The van der Waals surface area contributed by atoms with Crippen LogP contribution in [0.2, 0.25) is 0 Å². The van der Waals surface area contributed by atoms with E-state index in [2.05, 4.69) is 30.0 Å². The number of aryl methyl sites for hydroxylation is 1. The Morgan fingerprint density at radius 1 is 1.44 bits per heavy atom. The summed E-state index contributed by atoms with van der Waals surface area (Å²) in [4.78, 5) is 13.3. The Morgan fingerprint density at radius 2 is 2.19 bits per heavy atom. The van der Waals surface area contributed by atoms with E-state index < -0.39 is 0 Å². The molecule has 3 heteroatoms. The maximum Gasteiger partial charge on any atom is 0.234 e. The van der Waals surface area contributed by atoms with Crippen LogP contribution in [0, 0.1) is 6.92 Å². The van der Waals surface area contributed by atoms with E-state index in [0.29, 0.717) is 0 Å². The van der Waals surface area contributed by atoms with Crippen molar-refractivity contribution in [2.45, 2.75) is 32.9 Å². The van der Waals surface area contributed by atoms with Gasteiger partial charge in [-0.3, -0.25) is 9.69 Å². The Hall–Kier alpha value is -1.35. The van der Waals surface area contributed by atoms with Gasteiger partial charge in [-0.25, -0.2) is 0 Å². The van der Waals surface area contributed by atoms with Crippen LogP contribution in [0.3, 0.4) is 0 Å². The molecule has 0 bridgehead atoms. The molecule has 1 atom stereocenters. The number of primary amides is 1. The van der Waals surface area contributed by atoms with Gasteiger partial charge in [-0.1, -0.05) is 23.8 Å². The smallest absolute Gasteiger partial charge is 0.234 e. The summed E-state index contributed by atoms with van der Waals surface area (Å²) in [5.41, 5.74) is 9.37. The predicted octanol–water partition coefficient (Wildman–Crippen LogP) is 1.23. The molecule has 1 aromatic carbocycles. The highest BCUT2D eigenvalue weighted by atomic mass is 16.1. The van der Waals surface area contributed by atoms with Gasteiger partial charge in [0, 0.05) is 13.1 Å². The van der Waals surface area contributed by atoms with Gasteiger partial charge in [0.1, 0.15) is 0 Å². The molecular formula is C13H18N2O. The SMILES string of the molecule is Cc1ccc2c(c1)CCN(C(C)C(N)=O)C2. The number of hydrogen-bond donors (Lipinski definition) is 1. The van der Waals surface area contributed by atoms with Crippen LogP contribution >= 0.6 is 0 Å². The van der Waals surface area contributed by atoms with Crippen LogP contribution in [0.1, 0.15) is 23.6 Å². The summed E-state index contributed by atoms with van der Waals surface area (Å²) in [5.74, 6) is -0.240. The summed E-state index contributed by atoms with van der Waals surface area (Å²) in [5, 5.41) is 0. The molecule has 1 aliphatic rings. The van der Waals surface area contributed by atoms with E-state index in [1.54, 1.807) is 0 Å². The van der Waals surface area contributed by atoms with Crippen molar-refractivity contribution in [3.63, 3.8) is 0 Å². The van der Waals surface area contributed by atoms with Crippen molar-refractivity contribution in [1.29, 1.82) is 0 Å². The number of benzene rings is 1. The number of nitrogens with two attached hydrogens (primary N) is 1. The van der Waals surface area contributed by atoms with Gasteiger partial charge < -0.3 is 5.73 Å². The van der Waals surface area contributed by atoms with Gasteiger partial charge in [-0.15, -0.1) is 0 Å². The molecule has 86 valence electrons. The zero-order valence-corrected chi connectivity index (χ0v) is 9.86. The van der Waals surface area contributed by atoms with Crippen molar-refractivity contribution in [2.24, 2.45) is 5.73 Å². The number of rotatable bonds is 2. The van der Waals surface area contributed by atoms with Crippen LogP contribution in [0.5, 0.6) is 0 Å². The summed E-state index contributed by atoms with van der Waals surface area (Å²) < 4.78 is 0. The zero-order chi connectivity index (χ0) is 11.7. The quantitative estimate of drug-likeness (QED) is 0.811. The molecule has 3 nitrogen and oxygen atoms in total. The lowest BCUT2D eigenvalue weighted by Gasteiger charge is -2.32. The first kappa shape index (κ1) is 11.1. The van der Waals surface area contributed by atoms with Crippen molar-refractivity contribution < 1.29 is 4.79 Å². The van der Waals surface area contributed by atoms with Crippen molar-refractivity contribution in [1.82, 2.24) is 4.90 Å². The zero-order valence-electron chi connectivity index (χ0n) is 9.86. The van der Waals surface area contributed by atoms with Gasteiger partial charge in [0.25, 0.3) is 0 Å². The molecule has 0 saturated heterocycles. The first-order chi connectivity index (χ1) is 7.58. The van der Waals surface area contributed by atoms with E-state index in [9.17, 15) is 4.79 Å². The van der Waals surface area contributed by atoms with E-state index >= 15 is 0 Å². The van der Waals surface area contributed by atoms with Crippen LogP contribution in [-0.4, -0.2) is 23.4 Å². The van der Waals surface area contributed by atoms with Crippen molar-refractivity contribution >= 4 is 5.91 Å². The normalized spacial score (nSPS) is 17.9. The van der Waals surface area contributed by atoms with Crippen LogP contribution in [0.25, 0.3) is 0 Å². The predicted molar refractivity (Wildman–Crippen MR) is 63.9 cm³/mol. The van der Waals surface area contributed by atoms with Crippen LogP contribution in [0.4, 0.5) is 0 Å². The molecule has 2 N–H and O–H groups in total. The van der Waals surface area contributed by atoms with Gasteiger partial charge in [0.05, 0.1) is 6.04 Å². The average molecular weight is 218 g/mol. The second kappa shape index (κ2) is 4.26. The highest BCUT2D eigenvalue weighted by Crippen LogP contribution is 2.21. The number of carbonyl (C=O) groups is 1. The summed E-state index contributed by atoms with van der Waals surface area (Å²) in [6.45, 7) is 5.74. The van der Waals surface area contributed by atoms with Crippen molar-refractivity contribution in [3.8, 4) is 0 Å². The fraction of sp³-hybridized carbons (Fsp3) is 0.462. The number of amides is 1. The third-order valence-electron chi connectivity index (χ3n) is 3.36. The molecule has 0 aliphatic carbocycles. The third kappa shape index (κ3) is 2.09. The van der Waals surface area contributed by atoms with Gasteiger partial charge in [-0.05, 0) is 31.4 Å². The molecular weight excluding hydrogens is 200 g/mol. The summed E-state index contributed by atoms with van der Waals surface area (Å²) in [6.07, 6.45) is 1.01. The molecule has 0 saturated carbocycles.